The summed E-state index contributed by atoms with van der Waals surface area (Å²) in [6, 6.07) is 6.63. The number of nitrogens with one attached hydrogen (secondary N) is 4. The van der Waals surface area contributed by atoms with Crippen molar-refractivity contribution in [1.29, 1.82) is 0 Å². The zero-order valence-electron chi connectivity index (χ0n) is 17.6. The largest absolute Gasteiger partial charge is 0.353 e. The Bertz CT molecular complexity index is 692. The Kier molecular flexibility index (Phi) is 8.76. The Labute approximate surface area is 172 Å². The number of carbonyl (C=O) groups excluding carboxylic acids is 3. The molecule has 0 bridgehead atoms. The molecule has 0 radical (unpaired) electrons. The van der Waals surface area contributed by atoms with Crippen LogP contribution in [0.15, 0.2) is 24.3 Å². The Morgan fingerprint density at radius 3 is 2.38 bits per heavy atom. The van der Waals surface area contributed by atoms with E-state index in [-0.39, 0.29) is 29.9 Å². The van der Waals surface area contributed by atoms with Crippen LogP contribution in [0.3, 0.4) is 0 Å². The van der Waals surface area contributed by atoms with E-state index in [0.29, 0.717) is 31.0 Å². The van der Waals surface area contributed by atoms with Crippen LogP contribution in [0.5, 0.6) is 0 Å². The molecule has 0 unspecified atom stereocenters. The maximum Gasteiger partial charge on any atom is 0.321 e. The first kappa shape index (κ1) is 22.5. The second-order valence-electron chi connectivity index (χ2n) is 7.49. The van der Waals surface area contributed by atoms with Gasteiger partial charge < -0.3 is 26.2 Å². The summed E-state index contributed by atoms with van der Waals surface area (Å²) in [5.41, 5.74) is 1.29. The van der Waals surface area contributed by atoms with Crippen LogP contribution in [0.1, 0.15) is 46.5 Å². The fraction of sp³-hybridized carbons (Fsp3) is 0.571. The van der Waals surface area contributed by atoms with Crippen molar-refractivity contribution in [3.63, 3.8) is 0 Å². The van der Waals surface area contributed by atoms with Crippen molar-refractivity contribution < 1.29 is 14.4 Å². The highest BCUT2D eigenvalue weighted by molar-refractivity contribution is 5.92. The van der Waals surface area contributed by atoms with Crippen molar-refractivity contribution in [2.45, 2.75) is 52.5 Å². The van der Waals surface area contributed by atoms with Gasteiger partial charge in [-0.15, -0.1) is 0 Å². The highest BCUT2D eigenvalue weighted by Crippen LogP contribution is 2.19. The minimum Gasteiger partial charge on any atom is -0.353 e. The van der Waals surface area contributed by atoms with Gasteiger partial charge in [0.2, 0.25) is 5.91 Å². The lowest BCUT2D eigenvalue weighted by Crippen LogP contribution is -2.48. The van der Waals surface area contributed by atoms with E-state index in [1.807, 2.05) is 20.8 Å². The van der Waals surface area contributed by atoms with Gasteiger partial charge in [0.1, 0.15) is 0 Å². The molecule has 1 saturated heterocycles. The molecule has 0 spiro atoms. The van der Waals surface area contributed by atoms with E-state index in [1.54, 1.807) is 29.2 Å². The Balaban J connectivity index is 1.86. The molecular weight excluding hydrogens is 370 g/mol. The second kappa shape index (κ2) is 11.3. The molecule has 8 nitrogen and oxygen atoms in total. The summed E-state index contributed by atoms with van der Waals surface area (Å²) in [7, 11) is 0. The summed E-state index contributed by atoms with van der Waals surface area (Å²) in [4.78, 5) is 38.3. The monoisotopic (exact) mass is 403 g/mol. The van der Waals surface area contributed by atoms with Crippen LogP contribution in [0.4, 0.5) is 21.0 Å². The average Bonchev–Trinajstić information content (AvgIpc) is 2.73. The van der Waals surface area contributed by atoms with Crippen molar-refractivity contribution in [3.8, 4) is 0 Å². The molecule has 1 fully saturated rings. The van der Waals surface area contributed by atoms with E-state index < -0.39 is 0 Å². The van der Waals surface area contributed by atoms with Gasteiger partial charge in [-0.25, -0.2) is 9.59 Å². The van der Waals surface area contributed by atoms with Crippen molar-refractivity contribution in [2.75, 3.05) is 30.3 Å². The van der Waals surface area contributed by atoms with E-state index in [9.17, 15) is 14.4 Å². The van der Waals surface area contributed by atoms with Crippen LogP contribution in [0.25, 0.3) is 0 Å². The lowest BCUT2D eigenvalue weighted by molar-refractivity contribution is -0.126. The number of nitrogens with zero attached hydrogens (tertiary/aromatic N) is 1. The number of carbonyl (C=O) groups is 3. The summed E-state index contributed by atoms with van der Waals surface area (Å²) in [5, 5.41) is 11.4. The molecule has 29 heavy (non-hydrogen) atoms. The van der Waals surface area contributed by atoms with Crippen LogP contribution in [-0.2, 0) is 4.79 Å². The molecule has 1 aromatic rings. The zero-order valence-corrected chi connectivity index (χ0v) is 17.6. The fourth-order valence-corrected chi connectivity index (χ4v) is 3.09. The standard InChI is InChI=1S/C21H33N5O3/c1-4-12-22-20(28)24-17-8-10-18(11-9-17)25-21(29)26-13-6-7-16(14-26)19(27)23-15(3)5-2/h8-11,15-16H,4-7,12-14H2,1-3H3,(H,23,27)(H,25,29)(H2,22,24,28)/t15-,16+/m1/s1. The molecule has 4 N–H and O–H groups in total. The first-order chi connectivity index (χ1) is 13.9. The molecule has 0 aromatic heterocycles. The highest BCUT2D eigenvalue weighted by atomic mass is 16.2. The Hall–Kier alpha value is -2.77. The predicted molar refractivity (Wildman–Crippen MR) is 115 cm³/mol. The van der Waals surface area contributed by atoms with Crippen LogP contribution >= 0.6 is 0 Å². The molecule has 1 aliphatic rings. The third-order valence-electron chi connectivity index (χ3n) is 5.01. The lowest BCUT2D eigenvalue weighted by atomic mass is 9.97. The van der Waals surface area contributed by atoms with Crippen molar-refractivity contribution in [1.82, 2.24) is 15.5 Å². The van der Waals surface area contributed by atoms with Gasteiger partial charge in [-0.1, -0.05) is 13.8 Å². The molecule has 8 heteroatoms. The minimum atomic E-state index is -0.251. The molecule has 1 aromatic carbocycles. The van der Waals surface area contributed by atoms with Gasteiger partial charge in [0.25, 0.3) is 0 Å². The first-order valence-electron chi connectivity index (χ1n) is 10.4. The third kappa shape index (κ3) is 7.29. The molecule has 1 aliphatic heterocycles. The van der Waals surface area contributed by atoms with Gasteiger partial charge in [0, 0.05) is 37.1 Å². The average molecular weight is 404 g/mol. The van der Waals surface area contributed by atoms with Crippen LogP contribution < -0.4 is 21.3 Å². The topological polar surface area (TPSA) is 103 Å². The minimum absolute atomic E-state index is 0.0219. The Morgan fingerprint density at radius 2 is 1.76 bits per heavy atom. The summed E-state index contributed by atoms with van der Waals surface area (Å²) in [6.45, 7) is 7.68. The molecule has 1 heterocycles. The Morgan fingerprint density at radius 1 is 1.10 bits per heavy atom. The summed E-state index contributed by atoms with van der Waals surface area (Å²) >= 11 is 0. The quantitative estimate of drug-likeness (QED) is 0.561. The number of amides is 5. The number of urea groups is 2. The number of rotatable bonds is 7. The number of likely N-dealkylation sites (tertiary alicyclic amines) is 1. The zero-order chi connectivity index (χ0) is 21.2. The van der Waals surface area contributed by atoms with Gasteiger partial charge in [-0.3, -0.25) is 4.79 Å². The molecule has 2 atom stereocenters. The second-order valence-corrected chi connectivity index (χ2v) is 7.49. The van der Waals surface area contributed by atoms with Gasteiger partial charge in [-0.2, -0.15) is 0 Å². The predicted octanol–water partition coefficient (Wildman–Crippen LogP) is 3.38. The van der Waals surface area contributed by atoms with Gasteiger partial charge >= 0.3 is 12.1 Å². The van der Waals surface area contributed by atoms with E-state index in [4.69, 9.17) is 0 Å². The smallest absolute Gasteiger partial charge is 0.321 e. The molecule has 0 saturated carbocycles. The fourth-order valence-electron chi connectivity index (χ4n) is 3.09. The number of anilines is 2. The van der Waals surface area contributed by atoms with Crippen LogP contribution in [0, 0.1) is 5.92 Å². The molecule has 0 aliphatic carbocycles. The van der Waals surface area contributed by atoms with E-state index >= 15 is 0 Å². The summed E-state index contributed by atoms with van der Waals surface area (Å²) < 4.78 is 0. The van der Waals surface area contributed by atoms with Gasteiger partial charge in [0.05, 0.1) is 5.92 Å². The van der Waals surface area contributed by atoms with Gasteiger partial charge in [-0.05, 0) is 56.9 Å². The number of hydrogen-bond donors (Lipinski definition) is 4. The number of hydrogen-bond acceptors (Lipinski definition) is 3. The lowest BCUT2D eigenvalue weighted by Gasteiger charge is -2.32. The maximum absolute atomic E-state index is 12.6. The molecule has 160 valence electrons. The number of benzene rings is 1. The SMILES string of the molecule is CCCNC(=O)Nc1ccc(NC(=O)N2CCC[C@H](C(=O)N[C@H](C)CC)C2)cc1. The van der Waals surface area contributed by atoms with Crippen LogP contribution in [0.2, 0.25) is 0 Å². The number of piperidine rings is 1. The molecule has 2 rings (SSSR count). The van der Waals surface area contributed by atoms with E-state index in [1.165, 1.54) is 0 Å². The molecular formula is C21H33N5O3. The maximum atomic E-state index is 12.6. The highest BCUT2D eigenvalue weighted by Gasteiger charge is 2.28. The normalized spacial score (nSPS) is 17.2. The summed E-state index contributed by atoms with van der Waals surface area (Å²) in [6.07, 6.45) is 3.36. The first-order valence-corrected chi connectivity index (χ1v) is 10.4. The van der Waals surface area contributed by atoms with Crippen molar-refractivity contribution in [2.24, 2.45) is 5.92 Å². The van der Waals surface area contributed by atoms with Crippen molar-refractivity contribution in [3.05, 3.63) is 24.3 Å². The third-order valence-corrected chi connectivity index (χ3v) is 5.01. The van der Waals surface area contributed by atoms with E-state index in [0.717, 1.165) is 25.7 Å². The van der Waals surface area contributed by atoms with Crippen LogP contribution in [-0.4, -0.2) is 48.5 Å². The van der Waals surface area contributed by atoms with Crippen molar-refractivity contribution >= 4 is 29.3 Å². The summed E-state index contributed by atoms with van der Waals surface area (Å²) in [5.74, 6) is -0.148. The van der Waals surface area contributed by atoms with E-state index in [2.05, 4.69) is 21.3 Å². The molecule has 5 amide bonds. The van der Waals surface area contributed by atoms with Gasteiger partial charge in [0.15, 0.2) is 0 Å².